The van der Waals surface area contributed by atoms with E-state index in [0.29, 0.717) is 34.9 Å². The van der Waals surface area contributed by atoms with Crippen LogP contribution in [-0.4, -0.2) is 69.3 Å². The Balaban J connectivity index is 1.11. The Hall–Kier alpha value is -5.92. The zero-order valence-corrected chi connectivity index (χ0v) is 35.2. The number of carbonyl (C=O) groups is 4. The van der Waals surface area contributed by atoms with Gasteiger partial charge in [-0.2, -0.15) is 5.10 Å². The lowest BCUT2D eigenvalue weighted by molar-refractivity contribution is -0.140. The van der Waals surface area contributed by atoms with Crippen molar-refractivity contribution in [3.05, 3.63) is 100 Å². The highest BCUT2D eigenvalue weighted by atomic mass is 35.5. The van der Waals surface area contributed by atoms with Crippen LogP contribution in [0.3, 0.4) is 0 Å². The molecule has 4 aliphatic rings. The summed E-state index contributed by atoms with van der Waals surface area (Å²) in [5, 5.41) is 26.8. The first-order valence-corrected chi connectivity index (χ1v) is 21.0. The van der Waals surface area contributed by atoms with Gasteiger partial charge in [0, 0.05) is 35.3 Å². The Bertz CT molecular complexity index is 2680. The molecule has 0 radical (unpaired) electrons. The molecule has 4 amide bonds. The number of anilines is 1. The summed E-state index contributed by atoms with van der Waals surface area (Å²) in [5.74, 6) is -3.81. The zero-order chi connectivity index (χ0) is 42.4. The first-order chi connectivity index (χ1) is 28.7. The molecule has 3 fully saturated rings. The number of fused-ring (bicyclic) bond motifs is 5. The van der Waals surface area contributed by atoms with Crippen LogP contribution in [0.5, 0.6) is 23.0 Å². The fourth-order valence-electron chi connectivity index (χ4n) is 10.1. The highest BCUT2D eigenvalue weighted by Crippen LogP contribution is 2.61. The fourth-order valence-corrected chi connectivity index (χ4v) is 11.4. The number of ether oxygens (including phenoxy) is 2. The van der Waals surface area contributed by atoms with Gasteiger partial charge in [0.2, 0.25) is 29.4 Å². The van der Waals surface area contributed by atoms with Crippen LogP contribution in [0.2, 0.25) is 5.02 Å². The number of hydrogen-bond acceptors (Lipinski definition) is 10. The van der Waals surface area contributed by atoms with E-state index < -0.39 is 35.0 Å². The standard InChI is InChI=1S/C46H43ClN4O8S/c1-23-30-20-26(47)9-15-37(30)60-41(23)34-22-38(49(3)48-34)51-43(55)33-21-31-28(12-13-29-39(31)44(56)50(42(29)54)17-16-24-6-10-27(52)11-7-24)32(46(33,2)45(51)57)14-8-25-18-35(58-4)40(53)36(19-25)59-5/h6-12,14-15,18-20,22,29,31-33,39,52-53H,13,16-17,21H2,1-5H3/t29-,31+,32-,33-,39-,46-/m0/s1. The van der Waals surface area contributed by atoms with Gasteiger partial charge >= 0.3 is 0 Å². The Morgan fingerprint density at radius 1 is 0.950 bits per heavy atom. The van der Waals surface area contributed by atoms with E-state index in [1.807, 2.05) is 50.3 Å². The number of likely N-dealkylation sites (tertiary alicyclic amines) is 1. The van der Waals surface area contributed by atoms with Crippen LogP contribution in [0.4, 0.5) is 5.82 Å². The summed E-state index contributed by atoms with van der Waals surface area (Å²) in [7, 11) is 4.60. The van der Waals surface area contributed by atoms with Crippen molar-refractivity contribution in [2.45, 2.75) is 33.1 Å². The van der Waals surface area contributed by atoms with Crippen LogP contribution in [0.25, 0.3) is 26.7 Å². The zero-order valence-electron chi connectivity index (χ0n) is 33.6. The summed E-state index contributed by atoms with van der Waals surface area (Å²) in [6, 6.07) is 17.5. The maximum atomic E-state index is 15.2. The van der Waals surface area contributed by atoms with Gasteiger partial charge < -0.3 is 19.7 Å². The molecule has 60 heavy (non-hydrogen) atoms. The molecule has 2 aliphatic carbocycles. The van der Waals surface area contributed by atoms with Crippen molar-refractivity contribution in [1.29, 1.82) is 0 Å². The average molecular weight is 847 g/mol. The van der Waals surface area contributed by atoms with Gasteiger partial charge in [-0.3, -0.25) is 28.8 Å². The van der Waals surface area contributed by atoms with E-state index in [1.54, 1.807) is 65.5 Å². The van der Waals surface area contributed by atoms with Crippen molar-refractivity contribution in [3.63, 3.8) is 0 Å². The monoisotopic (exact) mass is 846 g/mol. The lowest BCUT2D eigenvalue weighted by Crippen LogP contribution is -2.49. The van der Waals surface area contributed by atoms with Crippen LogP contribution in [0.15, 0.2) is 78.4 Å². The number of aromatic hydroxyl groups is 2. The van der Waals surface area contributed by atoms with Crippen molar-refractivity contribution in [2.75, 3.05) is 25.7 Å². The van der Waals surface area contributed by atoms with Crippen molar-refractivity contribution in [3.8, 4) is 33.6 Å². The summed E-state index contributed by atoms with van der Waals surface area (Å²) in [6.45, 7) is 4.02. The Kier molecular flexibility index (Phi) is 9.66. The molecule has 12 nitrogen and oxygen atoms in total. The van der Waals surface area contributed by atoms with E-state index in [9.17, 15) is 24.6 Å². The van der Waals surface area contributed by atoms with Crippen molar-refractivity contribution < 1.29 is 38.9 Å². The molecule has 0 spiro atoms. The van der Waals surface area contributed by atoms with Crippen molar-refractivity contribution >= 4 is 68.5 Å². The minimum atomic E-state index is -1.27. The van der Waals surface area contributed by atoms with Crippen LogP contribution in [0, 0.1) is 41.9 Å². The number of aromatic nitrogens is 2. The second-order valence-electron chi connectivity index (χ2n) is 16.3. The smallest absolute Gasteiger partial charge is 0.242 e. The predicted octanol–water partition coefficient (Wildman–Crippen LogP) is 7.71. The molecule has 6 atom stereocenters. The number of amides is 4. The van der Waals surface area contributed by atoms with Gasteiger partial charge in [-0.1, -0.05) is 47.5 Å². The first kappa shape index (κ1) is 39.5. The topological polar surface area (TPSA) is 151 Å². The molecule has 2 aliphatic heterocycles. The molecule has 2 N–H and O–H groups in total. The average Bonchev–Trinajstić information content (AvgIpc) is 3.90. The van der Waals surface area contributed by atoms with E-state index in [1.165, 1.54) is 24.0 Å². The third kappa shape index (κ3) is 6.03. The summed E-state index contributed by atoms with van der Waals surface area (Å²) in [6.07, 6.45) is 6.68. The third-order valence-corrected chi connectivity index (χ3v) is 14.7. The largest absolute Gasteiger partial charge is 0.508 e. The number of hydrogen-bond donors (Lipinski definition) is 2. The van der Waals surface area contributed by atoms with Gasteiger partial charge in [-0.15, -0.1) is 11.3 Å². The van der Waals surface area contributed by atoms with E-state index in [-0.39, 0.29) is 59.6 Å². The molecular weight excluding hydrogens is 804 g/mol. The molecule has 1 saturated carbocycles. The molecule has 5 aromatic rings. The quantitative estimate of drug-likeness (QED) is 0.112. The third-order valence-electron chi connectivity index (χ3n) is 13.2. The minimum Gasteiger partial charge on any atom is -0.508 e. The number of benzene rings is 3. The van der Waals surface area contributed by atoms with Gasteiger partial charge in [-0.25, -0.2) is 4.90 Å². The highest BCUT2D eigenvalue weighted by Gasteiger charge is 2.67. The molecule has 308 valence electrons. The van der Waals surface area contributed by atoms with E-state index >= 15 is 4.79 Å². The minimum absolute atomic E-state index is 0.132. The number of halogens is 1. The summed E-state index contributed by atoms with van der Waals surface area (Å²) < 4.78 is 13.4. The second kappa shape index (κ2) is 14.7. The molecule has 14 heteroatoms. The summed E-state index contributed by atoms with van der Waals surface area (Å²) >= 11 is 7.90. The number of carbonyl (C=O) groups excluding carboxylic acids is 4. The van der Waals surface area contributed by atoms with Gasteiger partial charge in [-0.05, 0) is 104 Å². The predicted molar refractivity (Wildman–Crippen MR) is 228 cm³/mol. The molecule has 2 aromatic heterocycles. The molecular formula is C46H43ClN4O8S. The Labute approximate surface area is 355 Å². The summed E-state index contributed by atoms with van der Waals surface area (Å²) in [5.41, 5.74) is 2.69. The number of nitrogens with zero attached hydrogens (tertiary/aromatic N) is 4. The lowest BCUT2D eigenvalue weighted by atomic mass is 9.52. The number of methoxy groups -OCH3 is 2. The maximum Gasteiger partial charge on any atom is 0.242 e. The molecule has 0 unspecified atom stereocenters. The highest BCUT2D eigenvalue weighted by molar-refractivity contribution is 7.22. The molecule has 0 bridgehead atoms. The van der Waals surface area contributed by atoms with Crippen LogP contribution >= 0.6 is 22.9 Å². The normalized spacial score (nSPS) is 25.0. The van der Waals surface area contributed by atoms with Crippen LogP contribution < -0.4 is 14.4 Å². The van der Waals surface area contributed by atoms with Gasteiger partial charge in [0.1, 0.15) is 17.3 Å². The number of imide groups is 2. The molecule has 4 heterocycles. The van der Waals surface area contributed by atoms with Gasteiger partial charge in [0.25, 0.3) is 0 Å². The number of allylic oxidation sites excluding steroid dienone is 3. The van der Waals surface area contributed by atoms with E-state index in [0.717, 1.165) is 31.7 Å². The van der Waals surface area contributed by atoms with Crippen molar-refractivity contribution in [2.24, 2.45) is 42.1 Å². The number of rotatable bonds is 9. The molecule has 9 rings (SSSR count). The molecule has 2 saturated heterocycles. The fraction of sp³-hybridized carbons (Fsp3) is 0.326. The van der Waals surface area contributed by atoms with E-state index in [4.69, 9.17) is 26.2 Å². The Morgan fingerprint density at radius 3 is 2.37 bits per heavy atom. The van der Waals surface area contributed by atoms with Gasteiger partial charge in [0.05, 0.1) is 42.3 Å². The van der Waals surface area contributed by atoms with Gasteiger partial charge in [0.15, 0.2) is 11.5 Å². The van der Waals surface area contributed by atoms with Crippen molar-refractivity contribution in [1.82, 2.24) is 14.7 Å². The second-order valence-corrected chi connectivity index (χ2v) is 17.8. The number of aryl methyl sites for hydroxylation is 2. The Morgan fingerprint density at radius 2 is 1.67 bits per heavy atom. The summed E-state index contributed by atoms with van der Waals surface area (Å²) in [4.78, 5) is 62.0. The maximum absolute atomic E-state index is 15.2. The number of thiophene rings is 1. The number of phenolic OH excluding ortho intramolecular Hbond substituents is 2. The first-order valence-electron chi connectivity index (χ1n) is 19.8. The van der Waals surface area contributed by atoms with Crippen LogP contribution in [0.1, 0.15) is 36.5 Å². The number of phenols is 2. The lowest BCUT2D eigenvalue weighted by Gasteiger charge is -2.47. The SMILES string of the molecule is COc1cc(C=C[C@H]2C3=CC[C@@H]4C(=O)N(CCc5ccc(O)cc5)C(=O)[C@@H]4[C@@H]3C[C@H]3C(=O)N(c4cc(-c5sc6ccc(Cl)cc6c5C)nn4C)C(=O)[C@@]23C)cc(OC)c1O. The van der Waals surface area contributed by atoms with E-state index in [2.05, 4.69) is 0 Å². The van der Waals surface area contributed by atoms with Crippen LogP contribution in [-0.2, 0) is 32.6 Å². The molecule has 3 aromatic carbocycles.